The number of anilines is 3. The van der Waals surface area contributed by atoms with Crippen molar-refractivity contribution in [2.45, 2.75) is 12.7 Å². The zero-order chi connectivity index (χ0) is 19.6. The first-order chi connectivity index (χ1) is 13.5. The van der Waals surface area contributed by atoms with Gasteiger partial charge in [0.1, 0.15) is 11.8 Å². The normalized spacial score (nSPS) is 11.5. The first-order valence-corrected chi connectivity index (χ1v) is 8.13. The summed E-state index contributed by atoms with van der Waals surface area (Å²) in [6.45, 7) is 0.155. The molecule has 1 aromatic carbocycles. The highest BCUT2D eigenvalue weighted by Crippen LogP contribution is 2.29. The van der Waals surface area contributed by atoms with Crippen LogP contribution in [-0.4, -0.2) is 29.9 Å². The largest absolute Gasteiger partial charge is 0.416 e. The van der Waals surface area contributed by atoms with Crippen LogP contribution in [-0.2, 0) is 12.7 Å². The predicted octanol–water partition coefficient (Wildman–Crippen LogP) is 3.52. The Kier molecular flexibility index (Phi) is 4.47. The monoisotopic (exact) mass is 386 g/mol. The van der Waals surface area contributed by atoms with Crippen LogP contribution >= 0.6 is 0 Å². The van der Waals surface area contributed by atoms with Crippen LogP contribution in [0.4, 0.5) is 30.8 Å². The Morgan fingerprint density at radius 2 is 1.96 bits per heavy atom. The Hall–Kier alpha value is -3.76. The average Bonchev–Trinajstić information content (AvgIpc) is 3.09. The molecule has 142 valence electrons. The molecular formula is C17H13F3N8. The third-order valence-corrected chi connectivity index (χ3v) is 3.81. The van der Waals surface area contributed by atoms with Crippen LogP contribution in [0.1, 0.15) is 11.1 Å². The summed E-state index contributed by atoms with van der Waals surface area (Å²) in [5, 5.41) is 5.97. The maximum atomic E-state index is 12.9. The van der Waals surface area contributed by atoms with Crippen LogP contribution in [0, 0.1) is 0 Å². The summed E-state index contributed by atoms with van der Waals surface area (Å²) in [7, 11) is 0. The van der Waals surface area contributed by atoms with Crippen molar-refractivity contribution in [1.29, 1.82) is 0 Å². The Morgan fingerprint density at radius 1 is 1.07 bits per heavy atom. The van der Waals surface area contributed by atoms with Crippen molar-refractivity contribution in [2.24, 2.45) is 0 Å². The van der Waals surface area contributed by atoms with Gasteiger partial charge in [-0.15, -0.1) is 0 Å². The van der Waals surface area contributed by atoms with Gasteiger partial charge in [0.2, 0.25) is 5.95 Å². The van der Waals surface area contributed by atoms with E-state index >= 15 is 0 Å². The molecule has 0 spiro atoms. The lowest BCUT2D eigenvalue weighted by molar-refractivity contribution is -0.137. The van der Waals surface area contributed by atoms with Gasteiger partial charge in [0, 0.05) is 18.9 Å². The number of halogens is 3. The summed E-state index contributed by atoms with van der Waals surface area (Å²) in [6.07, 6.45) is 1.55. The molecule has 11 heteroatoms. The molecule has 0 radical (unpaired) electrons. The number of aromatic amines is 1. The van der Waals surface area contributed by atoms with Gasteiger partial charge in [-0.2, -0.15) is 18.2 Å². The molecule has 3 heterocycles. The van der Waals surface area contributed by atoms with Gasteiger partial charge in [0.05, 0.1) is 11.8 Å². The number of H-pyrrole nitrogens is 1. The third kappa shape index (κ3) is 3.82. The van der Waals surface area contributed by atoms with Crippen LogP contribution in [0.15, 0.2) is 49.2 Å². The van der Waals surface area contributed by atoms with E-state index in [2.05, 4.69) is 40.5 Å². The maximum absolute atomic E-state index is 12.9. The van der Waals surface area contributed by atoms with Crippen LogP contribution < -0.4 is 10.6 Å². The van der Waals surface area contributed by atoms with E-state index in [4.69, 9.17) is 0 Å². The van der Waals surface area contributed by atoms with Crippen LogP contribution in [0.5, 0.6) is 0 Å². The number of imidazole rings is 1. The summed E-state index contributed by atoms with van der Waals surface area (Å²) < 4.78 is 38.6. The first kappa shape index (κ1) is 17.6. The van der Waals surface area contributed by atoms with Crippen LogP contribution in [0.2, 0.25) is 0 Å². The van der Waals surface area contributed by atoms with Gasteiger partial charge in [0.25, 0.3) is 0 Å². The summed E-state index contributed by atoms with van der Waals surface area (Å²) in [6, 6.07) is 5.11. The van der Waals surface area contributed by atoms with Crippen molar-refractivity contribution < 1.29 is 13.2 Å². The summed E-state index contributed by atoms with van der Waals surface area (Å²) in [4.78, 5) is 23.6. The van der Waals surface area contributed by atoms with Gasteiger partial charge in [-0.25, -0.2) is 15.0 Å². The Bertz CT molecular complexity index is 1090. The zero-order valence-electron chi connectivity index (χ0n) is 14.2. The molecule has 0 aliphatic heterocycles. The summed E-state index contributed by atoms with van der Waals surface area (Å²) in [5.41, 5.74) is 0.685. The number of benzene rings is 1. The van der Waals surface area contributed by atoms with Crippen LogP contribution in [0.25, 0.3) is 11.2 Å². The molecule has 28 heavy (non-hydrogen) atoms. The summed E-state index contributed by atoms with van der Waals surface area (Å²) >= 11 is 0. The summed E-state index contributed by atoms with van der Waals surface area (Å²) in [5.74, 6) is 1.30. The zero-order valence-corrected chi connectivity index (χ0v) is 14.2. The fourth-order valence-electron chi connectivity index (χ4n) is 2.55. The molecule has 0 amide bonds. The SMILES string of the molecule is FC(F)(F)c1cccc(CNc2ncnc3nc(Nc4cnccn4)[nH]c23)c1. The van der Waals surface area contributed by atoms with Gasteiger partial charge in [0.15, 0.2) is 17.3 Å². The van der Waals surface area contributed by atoms with Crippen molar-refractivity contribution in [3.05, 3.63) is 60.3 Å². The van der Waals surface area contributed by atoms with E-state index in [9.17, 15) is 13.2 Å². The Labute approximate surface area is 156 Å². The van der Waals surface area contributed by atoms with Gasteiger partial charge < -0.3 is 15.6 Å². The standard InChI is InChI=1S/C17H13F3N8/c18-17(19,20)11-3-1-2-10(6-11)7-23-14-13-15(25-9-24-14)28-16(27-13)26-12-8-21-4-5-22-12/h1-6,8-9H,7H2,(H3,22,23,24,25,26,27,28). The highest BCUT2D eigenvalue weighted by molar-refractivity contribution is 5.84. The highest BCUT2D eigenvalue weighted by Gasteiger charge is 2.30. The van der Waals surface area contributed by atoms with Gasteiger partial charge in [-0.05, 0) is 17.7 Å². The molecule has 0 saturated carbocycles. The van der Waals surface area contributed by atoms with E-state index in [1.54, 1.807) is 12.3 Å². The Morgan fingerprint density at radius 3 is 2.75 bits per heavy atom. The molecule has 3 aromatic heterocycles. The second kappa shape index (κ2) is 7.10. The third-order valence-electron chi connectivity index (χ3n) is 3.81. The molecule has 8 nitrogen and oxygen atoms in total. The second-order valence-corrected chi connectivity index (χ2v) is 5.77. The lowest BCUT2D eigenvalue weighted by Gasteiger charge is -2.10. The minimum Gasteiger partial charge on any atom is -0.364 e. The van der Waals surface area contributed by atoms with Crippen molar-refractivity contribution >= 4 is 28.7 Å². The molecule has 0 bridgehead atoms. The molecule has 4 aromatic rings. The van der Waals surface area contributed by atoms with Crippen molar-refractivity contribution in [3.63, 3.8) is 0 Å². The number of hydrogen-bond donors (Lipinski definition) is 3. The number of hydrogen-bond acceptors (Lipinski definition) is 7. The molecule has 0 atom stereocenters. The van der Waals surface area contributed by atoms with E-state index in [1.807, 2.05) is 0 Å². The smallest absolute Gasteiger partial charge is 0.364 e. The van der Waals surface area contributed by atoms with Gasteiger partial charge >= 0.3 is 6.18 Å². The maximum Gasteiger partial charge on any atom is 0.416 e. The number of nitrogens with one attached hydrogen (secondary N) is 3. The van der Waals surface area contributed by atoms with E-state index in [1.165, 1.54) is 24.8 Å². The molecule has 0 aliphatic rings. The lowest BCUT2D eigenvalue weighted by atomic mass is 10.1. The highest BCUT2D eigenvalue weighted by atomic mass is 19.4. The number of fused-ring (bicyclic) bond motifs is 1. The predicted molar refractivity (Wildman–Crippen MR) is 95.8 cm³/mol. The number of rotatable bonds is 5. The van der Waals surface area contributed by atoms with Gasteiger partial charge in [-0.1, -0.05) is 12.1 Å². The molecule has 3 N–H and O–H groups in total. The van der Waals surface area contributed by atoms with E-state index < -0.39 is 11.7 Å². The quantitative estimate of drug-likeness (QED) is 0.482. The van der Waals surface area contributed by atoms with Crippen molar-refractivity contribution in [2.75, 3.05) is 10.6 Å². The second-order valence-electron chi connectivity index (χ2n) is 5.77. The minimum absolute atomic E-state index is 0.155. The van der Waals surface area contributed by atoms with Crippen molar-refractivity contribution in [3.8, 4) is 0 Å². The average molecular weight is 386 g/mol. The van der Waals surface area contributed by atoms with Gasteiger partial charge in [-0.3, -0.25) is 4.98 Å². The van der Waals surface area contributed by atoms with E-state index in [0.29, 0.717) is 34.3 Å². The number of alkyl halides is 3. The lowest BCUT2D eigenvalue weighted by Crippen LogP contribution is -2.07. The van der Waals surface area contributed by atoms with Crippen LogP contribution in [0.3, 0.4) is 0 Å². The molecule has 0 saturated heterocycles. The fourth-order valence-corrected chi connectivity index (χ4v) is 2.55. The van der Waals surface area contributed by atoms with E-state index in [-0.39, 0.29) is 6.54 Å². The molecule has 0 unspecified atom stereocenters. The molecular weight excluding hydrogens is 373 g/mol. The fraction of sp³-hybridized carbons (Fsp3) is 0.118. The number of nitrogens with zero attached hydrogens (tertiary/aromatic N) is 5. The van der Waals surface area contributed by atoms with E-state index in [0.717, 1.165) is 12.1 Å². The minimum atomic E-state index is -4.39. The topological polar surface area (TPSA) is 104 Å². The molecule has 4 rings (SSSR count). The number of aromatic nitrogens is 6. The van der Waals surface area contributed by atoms with Crippen molar-refractivity contribution in [1.82, 2.24) is 29.9 Å². The Balaban J connectivity index is 1.54. The molecule has 0 fully saturated rings. The molecule has 0 aliphatic carbocycles. The first-order valence-electron chi connectivity index (χ1n) is 8.13.